The zero-order valence-electron chi connectivity index (χ0n) is 11.5. The number of anilines is 1. The quantitative estimate of drug-likeness (QED) is 0.904. The van der Waals surface area contributed by atoms with Crippen LogP contribution in [0, 0.1) is 11.3 Å². The molecule has 0 unspecified atom stereocenters. The molecule has 0 amide bonds. The lowest BCUT2D eigenvalue weighted by Crippen LogP contribution is -2.42. The van der Waals surface area contributed by atoms with Gasteiger partial charge in [-0.05, 0) is 49.9 Å². The number of hydrogen-bond acceptors (Lipinski definition) is 4. The van der Waals surface area contributed by atoms with Gasteiger partial charge in [0, 0.05) is 12.8 Å². The Kier molecular flexibility index (Phi) is 4.28. The molecule has 1 aliphatic rings. The molecule has 0 atom stereocenters. The SMILES string of the molecule is COc1ccc(NC2(C#N)CCC(OC)CC2)cc1. The summed E-state index contributed by atoms with van der Waals surface area (Å²) in [5.74, 6) is 0.819. The highest BCUT2D eigenvalue weighted by atomic mass is 16.5. The minimum atomic E-state index is -0.469. The average molecular weight is 260 g/mol. The molecule has 1 aromatic carbocycles. The number of ether oxygens (including phenoxy) is 2. The van der Waals surface area contributed by atoms with Crippen LogP contribution in [0.5, 0.6) is 5.75 Å². The second-order valence-corrected chi connectivity index (χ2v) is 4.98. The molecule has 1 fully saturated rings. The topological polar surface area (TPSA) is 54.3 Å². The standard InChI is InChI=1S/C15H20N2O2/c1-18-13-5-3-12(4-6-13)17-15(11-16)9-7-14(19-2)8-10-15/h3-6,14,17H,7-10H2,1-2H3. The molecule has 102 valence electrons. The van der Waals surface area contributed by atoms with Gasteiger partial charge in [-0.2, -0.15) is 5.26 Å². The number of nitrogens with one attached hydrogen (secondary N) is 1. The van der Waals surface area contributed by atoms with Crippen LogP contribution in [0.4, 0.5) is 5.69 Å². The van der Waals surface area contributed by atoms with Crippen LogP contribution in [-0.2, 0) is 4.74 Å². The summed E-state index contributed by atoms with van der Waals surface area (Å²) in [7, 11) is 3.38. The molecule has 0 aromatic heterocycles. The Morgan fingerprint density at radius 3 is 2.32 bits per heavy atom. The Morgan fingerprint density at radius 1 is 1.21 bits per heavy atom. The smallest absolute Gasteiger partial charge is 0.125 e. The second-order valence-electron chi connectivity index (χ2n) is 4.98. The zero-order valence-corrected chi connectivity index (χ0v) is 11.5. The molecule has 1 saturated carbocycles. The Labute approximate surface area is 114 Å². The van der Waals surface area contributed by atoms with Crippen molar-refractivity contribution < 1.29 is 9.47 Å². The highest BCUT2D eigenvalue weighted by molar-refractivity contribution is 5.50. The number of hydrogen-bond donors (Lipinski definition) is 1. The normalized spacial score (nSPS) is 26.5. The van der Waals surface area contributed by atoms with Gasteiger partial charge in [0.05, 0.1) is 19.3 Å². The van der Waals surface area contributed by atoms with Gasteiger partial charge in [-0.15, -0.1) is 0 Å². The zero-order chi connectivity index (χ0) is 13.7. The van der Waals surface area contributed by atoms with Crippen molar-refractivity contribution >= 4 is 5.69 Å². The van der Waals surface area contributed by atoms with E-state index in [9.17, 15) is 5.26 Å². The van der Waals surface area contributed by atoms with Crippen LogP contribution in [0.2, 0.25) is 0 Å². The van der Waals surface area contributed by atoms with Crippen LogP contribution in [0.1, 0.15) is 25.7 Å². The highest BCUT2D eigenvalue weighted by Gasteiger charge is 2.35. The maximum Gasteiger partial charge on any atom is 0.125 e. The molecule has 0 radical (unpaired) electrons. The summed E-state index contributed by atoms with van der Waals surface area (Å²) in [5.41, 5.74) is 0.488. The first-order valence-corrected chi connectivity index (χ1v) is 6.57. The molecule has 1 aliphatic carbocycles. The monoisotopic (exact) mass is 260 g/mol. The molecule has 4 heteroatoms. The fourth-order valence-corrected chi connectivity index (χ4v) is 2.54. The lowest BCUT2D eigenvalue weighted by molar-refractivity contribution is 0.0612. The van der Waals surface area contributed by atoms with Gasteiger partial charge in [-0.25, -0.2) is 0 Å². The number of rotatable bonds is 4. The maximum atomic E-state index is 9.48. The lowest BCUT2D eigenvalue weighted by Gasteiger charge is -2.35. The van der Waals surface area contributed by atoms with Crippen molar-refractivity contribution in [2.24, 2.45) is 0 Å². The van der Waals surface area contributed by atoms with Crippen molar-refractivity contribution in [1.29, 1.82) is 5.26 Å². The van der Waals surface area contributed by atoms with Gasteiger partial charge in [0.2, 0.25) is 0 Å². The van der Waals surface area contributed by atoms with E-state index >= 15 is 0 Å². The Hall–Kier alpha value is -1.73. The van der Waals surface area contributed by atoms with Crippen molar-refractivity contribution in [1.82, 2.24) is 0 Å². The van der Waals surface area contributed by atoms with Crippen LogP contribution < -0.4 is 10.1 Å². The van der Waals surface area contributed by atoms with Gasteiger partial charge in [-0.1, -0.05) is 0 Å². The van der Waals surface area contributed by atoms with E-state index in [1.165, 1.54) is 0 Å². The average Bonchev–Trinajstić information content (AvgIpc) is 2.49. The summed E-state index contributed by atoms with van der Waals surface area (Å²) in [5, 5.41) is 12.9. The van der Waals surface area contributed by atoms with Gasteiger partial charge in [0.1, 0.15) is 11.3 Å². The first-order valence-electron chi connectivity index (χ1n) is 6.57. The van der Waals surface area contributed by atoms with Crippen LogP contribution in [-0.4, -0.2) is 25.9 Å². The first-order chi connectivity index (χ1) is 9.21. The van der Waals surface area contributed by atoms with E-state index in [0.717, 1.165) is 37.1 Å². The maximum absolute atomic E-state index is 9.48. The van der Waals surface area contributed by atoms with E-state index in [1.807, 2.05) is 24.3 Å². The van der Waals surface area contributed by atoms with E-state index in [1.54, 1.807) is 14.2 Å². The van der Waals surface area contributed by atoms with Crippen LogP contribution in [0.3, 0.4) is 0 Å². The van der Waals surface area contributed by atoms with Crippen molar-refractivity contribution in [2.75, 3.05) is 19.5 Å². The van der Waals surface area contributed by atoms with Crippen molar-refractivity contribution in [3.8, 4) is 11.8 Å². The molecule has 0 heterocycles. The molecule has 1 aromatic rings. The summed E-state index contributed by atoms with van der Waals surface area (Å²) >= 11 is 0. The first kappa shape index (κ1) is 13.7. The van der Waals surface area contributed by atoms with Gasteiger partial charge in [0.25, 0.3) is 0 Å². The van der Waals surface area contributed by atoms with E-state index in [4.69, 9.17) is 9.47 Å². The molecular weight excluding hydrogens is 240 g/mol. The molecule has 0 bridgehead atoms. The Bertz CT molecular complexity index is 442. The summed E-state index contributed by atoms with van der Waals surface area (Å²) in [6.07, 6.45) is 3.77. The number of nitrogens with zero attached hydrogens (tertiary/aromatic N) is 1. The molecule has 4 nitrogen and oxygen atoms in total. The summed E-state index contributed by atoms with van der Waals surface area (Å²) < 4.78 is 10.5. The van der Waals surface area contributed by atoms with E-state index < -0.39 is 5.54 Å². The van der Waals surface area contributed by atoms with Crippen molar-refractivity contribution in [3.63, 3.8) is 0 Å². The molecular formula is C15H20N2O2. The van der Waals surface area contributed by atoms with Gasteiger partial charge >= 0.3 is 0 Å². The second kappa shape index (κ2) is 5.94. The van der Waals surface area contributed by atoms with E-state index in [0.29, 0.717) is 6.10 Å². The number of nitriles is 1. The van der Waals surface area contributed by atoms with Gasteiger partial charge in [-0.3, -0.25) is 0 Å². The van der Waals surface area contributed by atoms with Crippen molar-refractivity contribution in [2.45, 2.75) is 37.3 Å². The molecule has 2 rings (SSSR count). The Morgan fingerprint density at radius 2 is 1.84 bits per heavy atom. The fraction of sp³-hybridized carbons (Fsp3) is 0.533. The third-order valence-electron chi connectivity index (χ3n) is 3.81. The third kappa shape index (κ3) is 3.18. The van der Waals surface area contributed by atoms with E-state index in [-0.39, 0.29) is 0 Å². The fourth-order valence-electron chi connectivity index (χ4n) is 2.54. The third-order valence-corrected chi connectivity index (χ3v) is 3.81. The predicted molar refractivity (Wildman–Crippen MR) is 74.2 cm³/mol. The summed E-state index contributed by atoms with van der Waals surface area (Å²) in [6, 6.07) is 10.1. The van der Waals surface area contributed by atoms with Gasteiger partial charge in [0.15, 0.2) is 0 Å². The number of benzene rings is 1. The minimum absolute atomic E-state index is 0.291. The molecule has 1 N–H and O–H groups in total. The van der Waals surface area contributed by atoms with E-state index in [2.05, 4.69) is 11.4 Å². The van der Waals surface area contributed by atoms with Crippen LogP contribution in [0.25, 0.3) is 0 Å². The molecule has 0 spiro atoms. The summed E-state index contributed by atoms with van der Waals surface area (Å²) in [4.78, 5) is 0. The Balaban J connectivity index is 2.04. The highest BCUT2D eigenvalue weighted by Crippen LogP contribution is 2.32. The molecule has 0 saturated heterocycles. The minimum Gasteiger partial charge on any atom is -0.497 e. The lowest BCUT2D eigenvalue weighted by atomic mass is 9.81. The van der Waals surface area contributed by atoms with Crippen LogP contribution in [0.15, 0.2) is 24.3 Å². The summed E-state index contributed by atoms with van der Waals surface area (Å²) in [6.45, 7) is 0. The largest absolute Gasteiger partial charge is 0.497 e. The molecule has 19 heavy (non-hydrogen) atoms. The van der Waals surface area contributed by atoms with Crippen molar-refractivity contribution in [3.05, 3.63) is 24.3 Å². The van der Waals surface area contributed by atoms with Gasteiger partial charge < -0.3 is 14.8 Å². The predicted octanol–water partition coefficient (Wildman–Crippen LogP) is 2.96. The molecule has 0 aliphatic heterocycles. The number of methoxy groups -OCH3 is 2. The van der Waals surface area contributed by atoms with Crippen LogP contribution >= 0.6 is 0 Å².